The Morgan fingerprint density at radius 1 is 1.33 bits per heavy atom. The van der Waals surface area contributed by atoms with E-state index in [4.69, 9.17) is 23.2 Å². The van der Waals surface area contributed by atoms with Gasteiger partial charge in [-0.05, 0) is 6.07 Å². The van der Waals surface area contributed by atoms with E-state index in [1.165, 1.54) is 18.2 Å². The number of carboxylic acids is 1. The van der Waals surface area contributed by atoms with Gasteiger partial charge in [0.1, 0.15) is 0 Å². The summed E-state index contributed by atoms with van der Waals surface area (Å²) in [4.78, 5) is 10.3. The first-order chi connectivity index (χ1) is 5.13. The molecule has 12 heavy (non-hydrogen) atoms. The van der Waals surface area contributed by atoms with Crippen molar-refractivity contribution in [2.75, 3.05) is 0 Å². The van der Waals surface area contributed by atoms with Crippen LogP contribution >= 0.6 is 23.2 Å². The Morgan fingerprint density at radius 3 is 2.33 bits per heavy atom. The van der Waals surface area contributed by atoms with Crippen LogP contribution in [0, 0.1) is 0 Å². The predicted octanol–water partition coefficient (Wildman–Crippen LogP) is -1.64. The number of halogens is 2. The fraction of sp³-hybridized carbons (Fsp3) is 0. The van der Waals surface area contributed by atoms with E-state index in [1.54, 1.807) is 0 Å². The Kier molecular flexibility index (Phi) is 5.21. The third-order valence-corrected chi connectivity index (χ3v) is 1.99. The Bertz CT molecular complexity index is 301. The molecule has 1 aromatic rings. The van der Waals surface area contributed by atoms with Gasteiger partial charge in [0.2, 0.25) is 0 Å². The average molecular weight is 213 g/mol. The van der Waals surface area contributed by atoms with E-state index in [9.17, 15) is 9.90 Å². The molecule has 2 nitrogen and oxygen atoms in total. The molecule has 0 radical (unpaired) electrons. The summed E-state index contributed by atoms with van der Waals surface area (Å²) in [6, 6.07) is 4.35. The van der Waals surface area contributed by atoms with Crippen molar-refractivity contribution >= 4 is 29.2 Å². The van der Waals surface area contributed by atoms with Crippen molar-refractivity contribution in [3.63, 3.8) is 0 Å². The summed E-state index contributed by atoms with van der Waals surface area (Å²) in [6.45, 7) is 0. The molecular weight excluding hydrogens is 210 g/mol. The van der Waals surface area contributed by atoms with E-state index in [1.807, 2.05) is 0 Å². The Balaban J connectivity index is 0.00000121. The molecule has 5 heteroatoms. The largest absolute Gasteiger partial charge is 1.00 e. The quantitative estimate of drug-likeness (QED) is 0.525. The SMILES string of the molecule is O=C([O-])c1cccc(Cl)c1Cl.[Na+]. The average Bonchev–Trinajstić information content (AvgIpc) is 1.94. The molecule has 0 aromatic heterocycles. The molecule has 0 aliphatic carbocycles. The van der Waals surface area contributed by atoms with Crippen LogP contribution in [0.25, 0.3) is 0 Å². The van der Waals surface area contributed by atoms with E-state index >= 15 is 0 Å². The summed E-state index contributed by atoms with van der Waals surface area (Å²) in [5, 5.41) is 10.6. The molecule has 0 amide bonds. The van der Waals surface area contributed by atoms with Crippen LogP contribution in [0.15, 0.2) is 18.2 Å². The summed E-state index contributed by atoms with van der Waals surface area (Å²) in [7, 11) is 0. The summed E-state index contributed by atoms with van der Waals surface area (Å²) >= 11 is 11.1. The summed E-state index contributed by atoms with van der Waals surface area (Å²) < 4.78 is 0. The molecule has 0 aliphatic rings. The maximum absolute atomic E-state index is 10.3. The Hall–Kier alpha value is 0.270. The zero-order valence-corrected chi connectivity index (χ0v) is 9.82. The Labute approximate surface area is 102 Å². The third kappa shape index (κ3) is 2.64. The van der Waals surface area contributed by atoms with E-state index in [2.05, 4.69) is 0 Å². The number of hydrogen-bond donors (Lipinski definition) is 0. The van der Waals surface area contributed by atoms with Gasteiger partial charge in [-0.15, -0.1) is 0 Å². The van der Waals surface area contributed by atoms with Gasteiger partial charge in [0.05, 0.1) is 16.0 Å². The van der Waals surface area contributed by atoms with Crippen LogP contribution in [0.3, 0.4) is 0 Å². The number of rotatable bonds is 1. The van der Waals surface area contributed by atoms with Crippen molar-refractivity contribution in [2.45, 2.75) is 0 Å². The first kappa shape index (κ1) is 12.3. The van der Waals surface area contributed by atoms with Gasteiger partial charge in [-0.25, -0.2) is 0 Å². The molecule has 0 saturated heterocycles. The molecule has 1 aromatic carbocycles. The van der Waals surface area contributed by atoms with Crippen LogP contribution in [0.2, 0.25) is 10.0 Å². The van der Waals surface area contributed by atoms with Crippen molar-refractivity contribution in [1.82, 2.24) is 0 Å². The van der Waals surface area contributed by atoms with Crippen LogP contribution < -0.4 is 34.7 Å². The fourth-order valence-electron chi connectivity index (χ4n) is 0.661. The van der Waals surface area contributed by atoms with Gasteiger partial charge < -0.3 is 9.90 Å². The minimum absolute atomic E-state index is 0. The van der Waals surface area contributed by atoms with Crippen molar-refractivity contribution < 1.29 is 39.5 Å². The second kappa shape index (κ2) is 5.10. The van der Waals surface area contributed by atoms with Crippen LogP contribution in [0.1, 0.15) is 10.4 Å². The molecule has 0 fully saturated rings. The molecule has 58 valence electrons. The standard InChI is InChI=1S/C7H4Cl2O2.Na/c8-5-3-1-2-4(6(5)9)7(10)11;/h1-3H,(H,10,11);/q;+1/p-1. The fourth-order valence-corrected chi connectivity index (χ4v) is 1.04. The molecule has 0 spiro atoms. The van der Waals surface area contributed by atoms with Crippen molar-refractivity contribution in [3.8, 4) is 0 Å². The number of carbonyl (C=O) groups excluding carboxylic acids is 1. The van der Waals surface area contributed by atoms with Crippen LogP contribution in [-0.2, 0) is 0 Å². The topological polar surface area (TPSA) is 40.1 Å². The monoisotopic (exact) mass is 212 g/mol. The molecule has 0 atom stereocenters. The van der Waals surface area contributed by atoms with E-state index in [-0.39, 0.29) is 45.2 Å². The van der Waals surface area contributed by atoms with E-state index in [0.29, 0.717) is 0 Å². The number of carbonyl (C=O) groups is 1. The maximum Gasteiger partial charge on any atom is 1.00 e. The summed E-state index contributed by atoms with van der Waals surface area (Å²) in [6.07, 6.45) is 0. The Morgan fingerprint density at radius 2 is 1.92 bits per heavy atom. The first-order valence-corrected chi connectivity index (χ1v) is 3.54. The molecule has 0 saturated carbocycles. The number of aromatic carboxylic acids is 1. The number of benzene rings is 1. The predicted molar refractivity (Wildman–Crippen MR) is 40.8 cm³/mol. The van der Waals surface area contributed by atoms with Gasteiger partial charge in [0, 0.05) is 5.56 Å². The van der Waals surface area contributed by atoms with Gasteiger partial charge >= 0.3 is 29.6 Å². The van der Waals surface area contributed by atoms with Crippen molar-refractivity contribution in [3.05, 3.63) is 33.8 Å². The first-order valence-electron chi connectivity index (χ1n) is 2.78. The van der Waals surface area contributed by atoms with Crippen molar-refractivity contribution in [2.24, 2.45) is 0 Å². The van der Waals surface area contributed by atoms with E-state index < -0.39 is 5.97 Å². The number of hydrogen-bond acceptors (Lipinski definition) is 2. The number of carboxylic acid groups (broad SMARTS) is 1. The second-order valence-corrected chi connectivity index (χ2v) is 2.67. The molecular formula is C7H3Cl2NaO2. The van der Waals surface area contributed by atoms with Gasteiger partial charge in [-0.3, -0.25) is 0 Å². The molecule has 0 bridgehead atoms. The normalized spacial score (nSPS) is 8.83. The minimum atomic E-state index is -1.32. The molecule has 0 N–H and O–H groups in total. The van der Waals surface area contributed by atoms with Crippen LogP contribution in [0.5, 0.6) is 0 Å². The maximum atomic E-state index is 10.3. The third-order valence-electron chi connectivity index (χ3n) is 1.17. The summed E-state index contributed by atoms with van der Waals surface area (Å²) in [5.41, 5.74) is -0.0841. The smallest absolute Gasteiger partial charge is 0.545 e. The van der Waals surface area contributed by atoms with Gasteiger partial charge in [-0.1, -0.05) is 35.3 Å². The van der Waals surface area contributed by atoms with Gasteiger partial charge in [-0.2, -0.15) is 0 Å². The molecule has 0 aliphatic heterocycles. The summed E-state index contributed by atoms with van der Waals surface area (Å²) in [5.74, 6) is -1.32. The van der Waals surface area contributed by atoms with Crippen LogP contribution in [-0.4, -0.2) is 5.97 Å². The molecule has 1 rings (SSSR count). The molecule has 0 heterocycles. The second-order valence-electron chi connectivity index (χ2n) is 1.89. The van der Waals surface area contributed by atoms with Gasteiger partial charge in [0.15, 0.2) is 0 Å². The van der Waals surface area contributed by atoms with E-state index in [0.717, 1.165) is 0 Å². The zero-order valence-electron chi connectivity index (χ0n) is 6.30. The van der Waals surface area contributed by atoms with Crippen molar-refractivity contribution in [1.29, 1.82) is 0 Å². The van der Waals surface area contributed by atoms with Gasteiger partial charge in [0.25, 0.3) is 0 Å². The molecule has 0 unspecified atom stereocenters. The zero-order chi connectivity index (χ0) is 8.43. The minimum Gasteiger partial charge on any atom is -0.545 e. The van der Waals surface area contributed by atoms with Crippen LogP contribution in [0.4, 0.5) is 0 Å².